The highest BCUT2D eigenvalue weighted by Crippen LogP contribution is 2.58. The smallest absolute Gasteiger partial charge is 0.410 e. The third kappa shape index (κ3) is 8.33. The zero-order chi connectivity index (χ0) is 48.6. The number of carbonyl (C=O) groups excluding carboxylic acids is 1. The number of nitrogens with zero attached hydrogens (tertiary/aromatic N) is 8. The standard InChI is InChI=1S/C52H61F3N8O6/c1-9-35-29-62-45-42-44(56-48(58-45)67-30-51-21-10-22-61(51)28-34(53)24-51)43(55)46(57-47(42)68-31(2)52(62)25-41(52)63(35)49(64)69-50(3,4)5)59(6)36-15-20-39(54)40(23-36)60(26-32-11-16-37(65-7)17-12-32)27-33-13-18-38(66-8)19-14-33/h11-20,23,31,34-35,41H,9-10,21-22,24-30H2,1-8H3/t31-,34+,35+,41-,51?,52-/m0/s1. The van der Waals surface area contributed by atoms with Crippen LogP contribution in [0.4, 0.5) is 41.0 Å². The van der Waals surface area contributed by atoms with Gasteiger partial charge in [-0.2, -0.15) is 15.0 Å². The molecule has 3 saturated heterocycles. The second-order valence-electron chi connectivity index (χ2n) is 20.3. The van der Waals surface area contributed by atoms with Gasteiger partial charge >= 0.3 is 12.1 Å². The molecular weight excluding hydrogens is 890 g/mol. The second kappa shape index (κ2) is 17.6. The van der Waals surface area contributed by atoms with E-state index in [0.717, 1.165) is 30.5 Å². The van der Waals surface area contributed by atoms with Crippen LogP contribution in [0.25, 0.3) is 10.9 Å². The summed E-state index contributed by atoms with van der Waals surface area (Å²) in [4.78, 5) is 38.3. The van der Waals surface area contributed by atoms with Crippen molar-refractivity contribution < 1.29 is 41.7 Å². The molecule has 4 aliphatic heterocycles. The van der Waals surface area contributed by atoms with Gasteiger partial charge in [-0.25, -0.2) is 18.0 Å². The number of aromatic nitrogens is 3. The topological polar surface area (TPSA) is 118 Å². The summed E-state index contributed by atoms with van der Waals surface area (Å²) in [6, 6.07) is 19.2. The summed E-state index contributed by atoms with van der Waals surface area (Å²) in [5.74, 6) is 0.584. The van der Waals surface area contributed by atoms with Crippen LogP contribution in [0.15, 0.2) is 66.7 Å². The van der Waals surface area contributed by atoms with Gasteiger partial charge in [0.15, 0.2) is 11.6 Å². The van der Waals surface area contributed by atoms with Crippen molar-refractivity contribution in [2.75, 3.05) is 62.2 Å². The van der Waals surface area contributed by atoms with Gasteiger partial charge in [-0.3, -0.25) is 9.80 Å². The van der Waals surface area contributed by atoms with Crippen LogP contribution in [-0.4, -0.2) is 119 Å². The highest BCUT2D eigenvalue weighted by Gasteiger charge is 2.71. The number of methoxy groups -OCH3 is 2. The largest absolute Gasteiger partial charge is 0.497 e. The Morgan fingerprint density at radius 1 is 0.928 bits per heavy atom. The maximum Gasteiger partial charge on any atom is 0.410 e. The quantitative estimate of drug-likeness (QED) is 0.112. The third-order valence-corrected chi connectivity index (χ3v) is 14.9. The highest BCUT2D eigenvalue weighted by molar-refractivity contribution is 5.98. The number of hydrogen-bond donors (Lipinski definition) is 0. The van der Waals surface area contributed by atoms with Crippen molar-refractivity contribution in [2.45, 2.75) is 121 Å². The first-order chi connectivity index (χ1) is 33.0. The maximum atomic E-state index is 17.8. The Hall–Kier alpha value is -6.23. The Morgan fingerprint density at radius 2 is 1.61 bits per heavy atom. The van der Waals surface area contributed by atoms with Crippen molar-refractivity contribution in [2.24, 2.45) is 0 Å². The van der Waals surface area contributed by atoms with Crippen LogP contribution >= 0.6 is 0 Å². The molecule has 69 heavy (non-hydrogen) atoms. The monoisotopic (exact) mass is 950 g/mol. The molecule has 1 saturated carbocycles. The number of benzene rings is 3. The van der Waals surface area contributed by atoms with Gasteiger partial charge in [-0.1, -0.05) is 31.2 Å². The molecule has 0 radical (unpaired) electrons. The fourth-order valence-electron chi connectivity index (χ4n) is 11.2. The van der Waals surface area contributed by atoms with E-state index in [0.29, 0.717) is 68.4 Å². The summed E-state index contributed by atoms with van der Waals surface area (Å²) < 4.78 is 79.1. The molecule has 1 spiro atoms. The van der Waals surface area contributed by atoms with E-state index in [1.54, 1.807) is 38.3 Å². The Bertz CT molecular complexity index is 2700. The van der Waals surface area contributed by atoms with Gasteiger partial charge in [0.25, 0.3) is 0 Å². The van der Waals surface area contributed by atoms with Crippen LogP contribution in [0.1, 0.15) is 77.8 Å². The van der Waals surface area contributed by atoms with Crippen LogP contribution in [0.2, 0.25) is 0 Å². The number of amides is 1. The highest BCUT2D eigenvalue weighted by atomic mass is 19.1. The average Bonchev–Trinajstić information content (AvgIpc) is 3.89. The molecule has 5 aliphatic rings. The molecule has 2 aromatic heterocycles. The van der Waals surface area contributed by atoms with Gasteiger partial charge in [0.05, 0.1) is 37.5 Å². The van der Waals surface area contributed by atoms with Crippen molar-refractivity contribution in [1.29, 1.82) is 0 Å². The summed E-state index contributed by atoms with van der Waals surface area (Å²) in [6.07, 6.45) is 1.27. The summed E-state index contributed by atoms with van der Waals surface area (Å²) in [7, 11) is 4.88. The summed E-state index contributed by atoms with van der Waals surface area (Å²) >= 11 is 0. The number of piperazine rings is 1. The lowest BCUT2D eigenvalue weighted by Crippen LogP contribution is -2.64. The summed E-state index contributed by atoms with van der Waals surface area (Å²) in [5, 5.41) is 0.280. The lowest BCUT2D eigenvalue weighted by Gasteiger charge is -2.47. The van der Waals surface area contributed by atoms with Crippen molar-refractivity contribution >= 4 is 40.0 Å². The molecule has 1 amide bonds. The lowest BCUT2D eigenvalue weighted by atomic mass is 9.95. The van der Waals surface area contributed by atoms with Gasteiger partial charge in [0, 0.05) is 45.3 Å². The van der Waals surface area contributed by atoms with E-state index in [1.807, 2.05) is 92.9 Å². The van der Waals surface area contributed by atoms with Crippen molar-refractivity contribution in [3.63, 3.8) is 0 Å². The first-order valence-electron chi connectivity index (χ1n) is 24.0. The molecule has 4 fully saturated rings. The minimum Gasteiger partial charge on any atom is -0.497 e. The minimum absolute atomic E-state index is 0.0491. The number of carbonyl (C=O) groups is 1. The van der Waals surface area contributed by atoms with Crippen molar-refractivity contribution in [1.82, 2.24) is 24.8 Å². The number of hydrogen-bond acceptors (Lipinski definition) is 13. The Labute approximate surface area is 401 Å². The van der Waals surface area contributed by atoms with Crippen LogP contribution in [0.5, 0.6) is 23.4 Å². The van der Waals surface area contributed by atoms with Gasteiger partial charge in [0.1, 0.15) is 64.1 Å². The van der Waals surface area contributed by atoms with E-state index in [2.05, 4.69) is 9.80 Å². The maximum absolute atomic E-state index is 17.8. The van der Waals surface area contributed by atoms with Crippen LogP contribution in [-0.2, 0) is 17.8 Å². The first-order valence-corrected chi connectivity index (χ1v) is 24.0. The molecule has 3 aromatic carbocycles. The summed E-state index contributed by atoms with van der Waals surface area (Å²) in [6.45, 7) is 11.8. The van der Waals surface area contributed by atoms with E-state index in [1.165, 1.54) is 6.07 Å². The van der Waals surface area contributed by atoms with E-state index >= 15 is 8.78 Å². The van der Waals surface area contributed by atoms with E-state index < -0.39 is 46.7 Å². The number of rotatable bonds is 13. The zero-order valence-corrected chi connectivity index (χ0v) is 40.6. The minimum atomic E-state index is -0.971. The molecule has 6 atom stereocenters. The van der Waals surface area contributed by atoms with Gasteiger partial charge in [-0.15, -0.1) is 0 Å². The number of pyridine rings is 1. The van der Waals surface area contributed by atoms with Gasteiger partial charge < -0.3 is 38.4 Å². The second-order valence-corrected chi connectivity index (χ2v) is 20.3. The first kappa shape index (κ1) is 46.5. The van der Waals surface area contributed by atoms with E-state index in [4.69, 9.17) is 38.6 Å². The Kier molecular flexibility index (Phi) is 11.9. The predicted molar refractivity (Wildman–Crippen MR) is 257 cm³/mol. The lowest BCUT2D eigenvalue weighted by molar-refractivity contribution is 0.00382. The number of halogens is 3. The SMILES string of the molecule is CC[C@@H]1CN2c3nc(OCC45CCCN4C[C@H](F)C5)nc4c(F)c(N(C)c5ccc(F)c(N(Cc6ccc(OC)cc6)Cc6ccc(OC)cc6)c5)nc(c34)O[C@@H](C)[C@]23C[C@@H]3N1C(=O)OC(C)(C)C. The number of ether oxygens (including phenoxy) is 5. The molecule has 366 valence electrons. The van der Waals surface area contributed by atoms with E-state index in [-0.39, 0.29) is 53.0 Å². The molecule has 1 aliphatic carbocycles. The molecule has 5 aromatic rings. The van der Waals surface area contributed by atoms with Crippen LogP contribution in [0.3, 0.4) is 0 Å². The Balaban J connectivity index is 1.06. The molecule has 0 bridgehead atoms. The van der Waals surface area contributed by atoms with Gasteiger partial charge in [-0.05, 0) is 114 Å². The summed E-state index contributed by atoms with van der Waals surface area (Å²) in [5.41, 5.74) is 0.528. The predicted octanol–water partition coefficient (Wildman–Crippen LogP) is 9.38. The fraction of sp³-hybridized carbons (Fsp3) is 0.500. The molecule has 10 rings (SSSR count). The molecule has 14 nitrogen and oxygen atoms in total. The third-order valence-electron chi connectivity index (χ3n) is 14.9. The Morgan fingerprint density at radius 3 is 2.25 bits per heavy atom. The molecule has 6 heterocycles. The fourth-order valence-corrected chi connectivity index (χ4v) is 11.2. The zero-order valence-electron chi connectivity index (χ0n) is 40.6. The van der Waals surface area contributed by atoms with Crippen molar-refractivity contribution in [3.8, 4) is 23.4 Å². The average molecular weight is 951 g/mol. The molecular formula is C52H61F3N8O6. The molecule has 17 heteroatoms. The molecule has 1 unspecified atom stereocenters. The van der Waals surface area contributed by atoms with E-state index in [9.17, 15) is 9.18 Å². The molecule has 0 N–H and O–H groups in total. The number of anilines is 4. The van der Waals surface area contributed by atoms with Crippen molar-refractivity contribution in [3.05, 3.63) is 89.5 Å². The normalized spacial score (nSPS) is 24.7. The number of fused-ring (bicyclic) bond motifs is 2. The van der Waals surface area contributed by atoms with Gasteiger partial charge in [0.2, 0.25) is 5.88 Å². The van der Waals surface area contributed by atoms with Crippen LogP contribution in [0, 0.1) is 11.6 Å². The number of alkyl halides is 1. The van der Waals surface area contributed by atoms with Crippen LogP contribution < -0.4 is 33.6 Å².